The van der Waals surface area contributed by atoms with Crippen LogP contribution in [0.15, 0.2) is 0 Å². The maximum absolute atomic E-state index is 10.1. The van der Waals surface area contributed by atoms with Crippen LogP contribution in [0.25, 0.3) is 0 Å². The van der Waals surface area contributed by atoms with E-state index in [9.17, 15) is 9.59 Å². The molecule has 0 saturated heterocycles. The number of carboxylic acids is 2. The van der Waals surface area contributed by atoms with E-state index in [0.717, 1.165) is 10.6 Å². The molecule has 0 rings (SSSR count). The summed E-state index contributed by atoms with van der Waals surface area (Å²) in [6, 6.07) is -1.29. The molecular weight excluding hydrogens is 441 g/mol. The first-order valence-electron chi connectivity index (χ1n) is 5.31. The molecule has 0 fully saturated rings. The SMILES string of the molecule is C[Se]CCC(N)C(=O)O.C[Se]CCC(N)C(=O)O.Cl.Cl. The Labute approximate surface area is 144 Å². The number of carboxylic acid groups (broad SMARTS) is 2. The predicted molar refractivity (Wildman–Crippen MR) is 87.8 cm³/mol. The molecule has 0 saturated carbocycles. The summed E-state index contributed by atoms with van der Waals surface area (Å²) in [6.07, 6.45) is 1.23. The minimum Gasteiger partial charge on any atom is -0.147 e. The van der Waals surface area contributed by atoms with Gasteiger partial charge in [-0.3, -0.25) is 0 Å². The summed E-state index contributed by atoms with van der Waals surface area (Å²) in [6.45, 7) is 0. The zero-order chi connectivity index (χ0) is 14.6. The minimum atomic E-state index is -0.890. The molecule has 0 aliphatic heterocycles. The summed E-state index contributed by atoms with van der Waals surface area (Å²) in [7, 11) is 0. The largest absolute Gasteiger partial charge is 0.147 e. The number of hydrogen-bond donors (Lipinski definition) is 4. The normalized spacial score (nSPS) is 11.8. The van der Waals surface area contributed by atoms with Crippen LogP contribution in [0.1, 0.15) is 12.8 Å². The van der Waals surface area contributed by atoms with Crippen LogP contribution >= 0.6 is 24.8 Å². The number of hydrogen-bond acceptors (Lipinski definition) is 4. The van der Waals surface area contributed by atoms with E-state index in [2.05, 4.69) is 11.6 Å². The summed E-state index contributed by atoms with van der Waals surface area (Å²) in [5, 5.41) is 18.5. The van der Waals surface area contributed by atoms with Crippen LogP contribution < -0.4 is 11.5 Å². The molecule has 0 aromatic carbocycles. The first kappa shape index (κ1) is 28.6. The van der Waals surface area contributed by atoms with Gasteiger partial charge in [-0.1, -0.05) is 0 Å². The van der Waals surface area contributed by atoms with Gasteiger partial charge < -0.3 is 0 Å². The molecule has 10 heteroatoms. The van der Waals surface area contributed by atoms with Gasteiger partial charge in [0.1, 0.15) is 0 Å². The van der Waals surface area contributed by atoms with Crippen molar-refractivity contribution in [2.75, 3.05) is 0 Å². The molecule has 2 unspecified atom stereocenters. The molecule has 0 aliphatic carbocycles. The van der Waals surface area contributed by atoms with Crippen molar-refractivity contribution < 1.29 is 19.8 Å². The summed E-state index contributed by atoms with van der Waals surface area (Å²) in [4.78, 5) is 20.2. The second kappa shape index (κ2) is 19.5. The fourth-order valence-corrected chi connectivity index (χ4v) is 2.79. The Morgan fingerprint density at radius 2 is 1.15 bits per heavy atom. The molecule has 0 heterocycles. The van der Waals surface area contributed by atoms with Crippen molar-refractivity contribution in [3.05, 3.63) is 0 Å². The van der Waals surface area contributed by atoms with E-state index in [1.807, 2.05) is 0 Å². The molecule has 0 spiro atoms. The monoisotopic (exact) mass is 466 g/mol. The molecule has 0 aromatic rings. The van der Waals surface area contributed by atoms with Crippen molar-refractivity contribution in [1.82, 2.24) is 0 Å². The zero-order valence-corrected chi connectivity index (χ0v) is 16.5. The molecule has 6 nitrogen and oxygen atoms in total. The van der Waals surface area contributed by atoms with Crippen LogP contribution in [-0.2, 0) is 9.59 Å². The van der Waals surface area contributed by atoms with Crippen LogP contribution in [0, 0.1) is 0 Å². The third kappa shape index (κ3) is 20.8. The number of rotatable bonds is 8. The molecule has 20 heavy (non-hydrogen) atoms. The third-order valence-electron chi connectivity index (χ3n) is 1.90. The Kier molecular flexibility index (Phi) is 27.9. The van der Waals surface area contributed by atoms with E-state index in [4.69, 9.17) is 21.7 Å². The van der Waals surface area contributed by atoms with Gasteiger partial charge >= 0.3 is 120 Å². The summed E-state index contributed by atoms with van der Waals surface area (Å²) >= 11 is 1.10. The summed E-state index contributed by atoms with van der Waals surface area (Å²) in [5.41, 5.74) is 10.4. The first-order valence-corrected chi connectivity index (χ1v) is 11.2. The third-order valence-corrected chi connectivity index (χ3v) is 4.60. The van der Waals surface area contributed by atoms with Crippen LogP contribution in [0.3, 0.4) is 0 Å². The van der Waals surface area contributed by atoms with Gasteiger partial charge in [0.25, 0.3) is 0 Å². The zero-order valence-electron chi connectivity index (χ0n) is 11.5. The molecule has 0 aromatic heterocycles. The van der Waals surface area contributed by atoms with E-state index in [-0.39, 0.29) is 24.8 Å². The molecule has 2 atom stereocenters. The van der Waals surface area contributed by atoms with Crippen LogP contribution in [0.5, 0.6) is 0 Å². The average molecular weight is 465 g/mol. The van der Waals surface area contributed by atoms with Crippen molar-refractivity contribution in [1.29, 1.82) is 0 Å². The van der Waals surface area contributed by atoms with Gasteiger partial charge in [-0.25, -0.2) is 0 Å². The van der Waals surface area contributed by atoms with Gasteiger partial charge in [0.15, 0.2) is 0 Å². The van der Waals surface area contributed by atoms with Gasteiger partial charge in [-0.2, -0.15) is 0 Å². The first-order chi connectivity index (χ1) is 8.36. The van der Waals surface area contributed by atoms with E-state index < -0.39 is 24.0 Å². The Balaban J connectivity index is -0.000000116. The predicted octanol–water partition coefficient (Wildman–Crippen LogP) is 0.762. The smallest absolute Gasteiger partial charge is 0.147 e. The number of carbonyl (C=O) groups is 2. The van der Waals surface area contributed by atoms with E-state index >= 15 is 0 Å². The van der Waals surface area contributed by atoms with Crippen LogP contribution in [0.4, 0.5) is 0 Å². The van der Waals surface area contributed by atoms with Gasteiger partial charge in [0.2, 0.25) is 0 Å². The summed E-state index contributed by atoms with van der Waals surface area (Å²) in [5.74, 6) is 2.36. The van der Waals surface area contributed by atoms with E-state index in [1.54, 1.807) is 0 Å². The Hall–Kier alpha value is 0.479. The van der Waals surface area contributed by atoms with Gasteiger partial charge in [0.05, 0.1) is 0 Å². The Morgan fingerprint density at radius 1 is 0.900 bits per heavy atom. The number of nitrogens with two attached hydrogens (primary N) is 2. The second-order valence-electron chi connectivity index (χ2n) is 3.45. The topological polar surface area (TPSA) is 127 Å². The van der Waals surface area contributed by atoms with E-state index in [0.29, 0.717) is 42.8 Å². The molecule has 0 aliphatic rings. The molecule has 6 N–H and O–H groups in total. The van der Waals surface area contributed by atoms with Crippen molar-refractivity contribution in [3.63, 3.8) is 0 Å². The average Bonchev–Trinajstić information content (AvgIpc) is 2.33. The maximum Gasteiger partial charge on any atom is -0.147 e. The van der Waals surface area contributed by atoms with Crippen LogP contribution in [-0.4, -0.2) is 64.1 Å². The van der Waals surface area contributed by atoms with Crippen molar-refractivity contribution in [2.45, 2.75) is 47.2 Å². The fraction of sp³-hybridized carbons (Fsp3) is 0.800. The molecule has 0 amide bonds. The van der Waals surface area contributed by atoms with Crippen molar-refractivity contribution >= 4 is 66.7 Å². The Morgan fingerprint density at radius 3 is 1.30 bits per heavy atom. The summed E-state index contributed by atoms with van der Waals surface area (Å²) < 4.78 is 0. The van der Waals surface area contributed by atoms with Crippen molar-refractivity contribution in [3.8, 4) is 0 Å². The molecule has 0 bridgehead atoms. The second-order valence-corrected chi connectivity index (χ2v) is 7.59. The minimum absolute atomic E-state index is 0. The van der Waals surface area contributed by atoms with Gasteiger partial charge in [-0.15, -0.1) is 24.8 Å². The number of halogens is 2. The molecule has 124 valence electrons. The van der Waals surface area contributed by atoms with Gasteiger partial charge in [0, 0.05) is 0 Å². The van der Waals surface area contributed by atoms with Crippen molar-refractivity contribution in [2.24, 2.45) is 11.5 Å². The van der Waals surface area contributed by atoms with Crippen LogP contribution in [0.2, 0.25) is 22.3 Å². The maximum atomic E-state index is 10.1. The molecule has 0 radical (unpaired) electrons. The standard InChI is InChI=1S/2C5H11NO2Se.2ClH/c2*1-9-3-2-4(6)5(7)8;;/h2*4H,2-3,6H2,1H3,(H,7,8);2*1H. The fourth-order valence-electron chi connectivity index (χ4n) is 0.737. The van der Waals surface area contributed by atoms with Gasteiger partial charge in [-0.05, 0) is 0 Å². The van der Waals surface area contributed by atoms with E-state index in [1.165, 1.54) is 0 Å². The quantitative estimate of drug-likeness (QED) is 0.393. The molecular formula is C10H24Cl2N2O4Se2. The Bertz CT molecular complexity index is 227. The number of aliphatic carboxylic acids is 2.